The molecule has 0 atom stereocenters. The lowest BCUT2D eigenvalue weighted by molar-refractivity contribution is 0.103. The second-order valence-electron chi connectivity index (χ2n) is 4.14. The number of carbonyl (C=O) groups is 1. The van der Waals surface area contributed by atoms with Crippen LogP contribution in [0, 0.1) is 0 Å². The summed E-state index contributed by atoms with van der Waals surface area (Å²) in [5.41, 5.74) is 7.17. The van der Waals surface area contributed by atoms with Gasteiger partial charge in [-0.1, -0.05) is 11.6 Å². The molecule has 2 N–H and O–H groups in total. The third-order valence-electron chi connectivity index (χ3n) is 2.75. The van der Waals surface area contributed by atoms with Gasteiger partial charge in [-0.05, 0) is 59.3 Å². The summed E-state index contributed by atoms with van der Waals surface area (Å²) in [5, 5.41) is 0.506. The van der Waals surface area contributed by atoms with Gasteiger partial charge in [-0.3, -0.25) is 4.79 Å². The lowest BCUT2D eigenvalue weighted by Crippen LogP contribution is -2.05. The molecular formula is C15H13BrClNO2. The summed E-state index contributed by atoms with van der Waals surface area (Å²) in [7, 11) is 0. The first-order valence-electron chi connectivity index (χ1n) is 6.05. The van der Waals surface area contributed by atoms with Gasteiger partial charge in [0.2, 0.25) is 0 Å². The summed E-state index contributed by atoms with van der Waals surface area (Å²) < 4.78 is 6.15. The van der Waals surface area contributed by atoms with Crippen LogP contribution >= 0.6 is 27.5 Å². The van der Waals surface area contributed by atoms with Crippen molar-refractivity contribution in [3.05, 3.63) is 57.0 Å². The van der Waals surface area contributed by atoms with Crippen molar-refractivity contribution in [1.82, 2.24) is 0 Å². The van der Waals surface area contributed by atoms with Crippen molar-refractivity contribution in [2.24, 2.45) is 0 Å². The average molecular weight is 355 g/mol. The Bertz CT molecular complexity index is 658. The highest BCUT2D eigenvalue weighted by atomic mass is 79.9. The molecule has 0 aromatic heterocycles. The number of carbonyl (C=O) groups excluding carboxylic acids is 1. The number of hydrogen-bond acceptors (Lipinski definition) is 3. The molecule has 3 nitrogen and oxygen atoms in total. The Morgan fingerprint density at radius 3 is 2.65 bits per heavy atom. The largest absolute Gasteiger partial charge is 0.493 e. The molecule has 0 aliphatic heterocycles. The number of rotatable bonds is 4. The molecule has 2 aromatic rings. The summed E-state index contributed by atoms with van der Waals surface area (Å²) in [6.07, 6.45) is 0. The molecule has 2 rings (SSSR count). The molecular weight excluding hydrogens is 342 g/mol. The molecule has 0 saturated carbocycles. The van der Waals surface area contributed by atoms with E-state index in [0.29, 0.717) is 34.2 Å². The Labute approximate surface area is 130 Å². The Morgan fingerprint density at radius 2 is 2.05 bits per heavy atom. The van der Waals surface area contributed by atoms with Gasteiger partial charge in [0.25, 0.3) is 0 Å². The van der Waals surface area contributed by atoms with Crippen LogP contribution in [0.3, 0.4) is 0 Å². The minimum Gasteiger partial charge on any atom is -0.493 e. The molecule has 104 valence electrons. The highest BCUT2D eigenvalue weighted by Crippen LogP contribution is 2.28. The van der Waals surface area contributed by atoms with Gasteiger partial charge < -0.3 is 10.5 Å². The number of ether oxygens (including phenoxy) is 1. The van der Waals surface area contributed by atoms with E-state index in [-0.39, 0.29) is 5.78 Å². The summed E-state index contributed by atoms with van der Waals surface area (Å²) in [5.74, 6) is 0.552. The number of benzene rings is 2. The lowest BCUT2D eigenvalue weighted by atomic mass is 10.0. The smallest absolute Gasteiger partial charge is 0.195 e. The second-order valence-corrected chi connectivity index (χ2v) is 5.43. The van der Waals surface area contributed by atoms with Gasteiger partial charge in [-0.2, -0.15) is 0 Å². The molecule has 20 heavy (non-hydrogen) atoms. The summed E-state index contributed by atoms with van der Waals surface area (Å²) in [6.45, 7) is 2.47. The molecule has 0 unspecified atom stereocenters. The van der Waals surface area contributed by atoms with E-state index < -0.39 is 0 Å². The maximum Gasteiger partial charge on any atom is 0.195 e. The van der Waals surface area contributed by atoms with Crippen LogP contribution in [0.2, 0.25) is 5.02 Å². The van der Waals surface area contributed by atoms with Crippen LogP contribution in [0.25, 0.3) is 0 Å². The van der Waals surface area contributed by atoms with E-state index in [2.05, 4.69) is 15.9 Å². The lowest BCUT2D eigenvalue weighted by Gasteiger charge is -2.09. The molecule has 0 saturated heterocycles. The standard InChI is InChI=1S/C15H13BrClNO2/c1-2-20-14-6-3-9(7-12(14)16)15(19)11-5-4-10(17)8-13(11)18/h3-8H,2,18H2,1H3. The van der Waals surface area contributed by atoms with Crippen LogP contribution in [0.4, 0.5) is 5.69 Å². The van der Waals surface area contributed by atoms with E-state index in [0.717, 1.165) is 4.47 Å². The Balaban J connectivity index is 2.36. The Morgan fingerprint density at radius 1 is 1.30 bits per heavy atom. The Hall–Kier alpha value is -1.52. The molecule has 0 radical (unpaired) electrons. The maximum atomic E-state index is 12.4. The monoisotopic (exact) mass is 353 g/mol. The molecule has 0 amide bonds. The van der Waals surface area contributed by atoms with Crippen molar-refractivity contribution < 1.29 is 9.53 Å². The fraction of sp³-hybridized carbons (Fsp3) is 0.133. The van der Waals surface area contributed by atoms with Crippen molar-refractivity contribution in [3.63, 3.8) is 0 Å². The quantitative estimate of drug-likeness (QED) is 0.657. The molecule has 0 bridgehead atoms. The topological polar surface area (TPSA) is 52.3 Å². The Kier molecular flexibility index (Phi) is 4.68. The van der Waals surface area contributed by atoms with Gasteiger partial charge in [0, 0.05) is 21.8 Å². The van der Waals surface area contributed by atoms with Crippen LogP contribution in [-0.4, -0.2) is 12.4 Å². The van der Waals surface area contributed by atoms with Crippen molar-refractivity contribution >= 4 is 39.0 Å². The van der Waals surface area contributed by atoms with Crippen LogP contribution < -0.4 is 10.5 Å². The summed E-state index contributed by atoms with van der Waals surface area (Å²) >= 11 is 9.22. The van der Waals surface area contributed by atoms with Crippen LogP contribution in [0.15, 0.2) is 40.9 Å². The molecule has 0 fully saturated rings. The zero-order valence-electron chi connectivity index (χ0n) is 10.8. The SMILES string of the molecule is CCOc1ccc(C(=O)c2ccc(Cl)cc2N)cc1Br. The van der Waals surface area contributed by atoms with Crippen molar-refractivity contribution in [2.75, 3.05) is 12.3 Å². The maximum absolute atomic E-state index is 12.4. The zero-order chi connectivity index (χ0) is 14.7. The predicted octanol–water partition coefficient (Wildman–Crippen LogP) is 4.31. The molecule has 2 aromatic carbocycles. The number of nitrogens with two attached hydrogens (primary N) is 1. The minimum atomic E-state index is -0.150. The fourth-order valence-electron chi connectivity index (χ4n) is 1.81. The first kappa shape index (κ1) is 14.9. The van der Waals surface area contributed by atoms with E-state index in [1.54, 1.807) is 36.4 Å². The number of nitrogen functional groups attached to an aromatic ring is 1. The predicted molar refractivity (Wildman–Crippen MR) is 84.6 cm³/mol. The third kappa shape index (κ3) is 3.14. The normalized spacial score (nSPS) is 10.3. The van der Waals surface area contributed by atoms with Gasteiger partial charge in [0.15, 0.2) is 5.78 Å². The van der Waals surface area contributed by atoms with Crippen molar-refractivity contribution in [3.8, 4) is 5.75 Å². The number of hydrogen-bond donors (Lipinski definition) is 1. The zero-order valence-corrected chi connectivity index (χ0v) is 13.2. The van der Waals surface area contributed by atoms with Crippen LogP contribution in [0.5, 0.6) is 5.75 Å². The van der Waals surface area contributed by atoms with Crippen molar-refractivity contribution in [1.29, 1.82) is 0 Å². The van der Waals surface area contributed by atoms with E-state index >= 15 is 0 Å². The third-order valence-corrected chi connectivity index (χ3v) is 3.61. The average Bonchev–Trinajstić information content (AvgIpc) is 2.40. The van der Waals surface area contributed by atoms with E-state index in [1.807, 2.05) is 6.92 Å². The van der Waals surface area contributed by atoms with Crippen LogP contribution in [0.1, 0.15) is 22.8 Å². The molecule has 0 aliphatic rings. The highest BCUT2D eigenvalue weighted by Gasteiger charge is 2.14. The summed E-state index contributed by atoms with van der Waals surface area (Å²) in [6, 6.07) is 10.0. The first-order chi connectivity index (χ1) is 9.52. The fourth-order valence-corrected chi connectivity index (χ4v) is 2.48. The van der Waals surface area contributed by atoms with E-state index in [9.17, 15) is 4.79 Å². The number of ketones is 1. The minimum absolute atomic E-state index is 0.150. The van der Waals surface area contributed by atoms with Gasteiger partial charge in [0.05, 0.1) is 11.1 Å². The highest BCUT2D eigenvalue weighted by molar-refractivity contribution is 9.10. The van der Waals surface area contributed by atoms with Gasteiger partial charge in [0.1, 0.15) is 5.75 Å². The number of anilines is 1. The number of halogens is 2. The van der Waals surface area contributed by atoms with E-state index in [4.69, 9.17) is 22.1 Å². The molecule has 0 aliphatic carbocycles. The van der Waals surface area contributed by atoms with Gasteiger partial charge >= 0.3 is 0 Å². The first-order valence-corrected chi connectivity index (χ1v) is 7.22. The molecule has 0 heterocycles. The van der Waals surface area contributed by atoms with Gasteiger partial charge in [-0.25, -0.2) is 0 Å². The molecule has 5 heteroatoms. The van der Waals surface area contributed by atoms with Gasteiger partial charge in [-0.15, -0.1) is 0 Å². The second kappa shape index (κ2) is 6.29. The van der Waals surface area contributed by atoms with E-state index in [1.165, 1.54) is 0 Å². The molecule has 0 spiro atoms. The van der Waals surface area contributed by atoms with Crippen molar-refractivity contribution in [2.45, 2.75) is 6.92 Å². The van der Waals surface area contributed by atoms with Crippen LogP contribution in [-0.2, 0) is 0 Å². The summed E-state index contributed by atoms with van der Waals surface area (Å²) in [4.78, 5) is 12.4.